The third-order valence-corrected chi connectivity index (χ3v) is 8.89. The van der Waals surface area contributed by atoms with Crippen LogP contribution in [-0.2, 0) is 9.59 Å². The Balaban J connectivity index is 1.39. The number of carbonyl (C=O) groups is 3. The second-order valence-corrected chi connectivity index (χ2v) is 12.5. The molecule has 11 heteroatoms. The minimum Gasteiger partial charge on any atom is -0.495 e. The van der Waals surface area contributed by atoms with Gasteiger partial charge in [-0.05, 0) is 65.7 Å². The number of carbonyl (C=O) groups excluding carboxylic acids is 3. The molecule has 0 aromatic heterocycles. The molecule has 0 bridgehead atoms. The molecule has 0 heterocycles. The van der Waals surface area contributed by atoms with Crippen LogP contribution < -0.4 is 25.4 Å². The Morgan fingerprint density at radius 3 is 2.12 bits per heavy atom. The quantitative estimate of drug-likeness (QED) is 0.0882. The van der Waals surface area contributed by atoms with Crippen LogP contribution in [0.15, 0.2) is 132 Å². The maximum absolute atomic E-state index is 13.8. The number of anilines is 2. The number of ether oxygens (including phenoxy) is 2. The zero-order valence-electron chi connectivity index (χ0n) is 26.4. The molecule has 5 aromatic carbocycles. The van der Waals surface area contributed by atoms with Crippen molar-refractivity contribution in [3.05, 3.63) is 154 Å². The molecule has 3 amide bonds. The van der Waals surface area contributed by atoms with Crippen molar-refractivity contribution in [3.63, 3.8) is 0 Å². The lowest BCUT2D eigenvalue weighted by atomic mass is 10.1. The van der Waals surface area contributed by atoms with E-state index < -0.39 is 17.1 Å². The average Bonchev–Trinajstić information content (AvgIpc) is 3.11. The molecule has 0 aliphatic heterocycles. The molecule has 1 unspecified atom stereocenters. The summed E-state index contributed by atoms with van der Waals surface area (Å²) in [6, 6.07) is 35.1. The van der Waals surface area contributed by atoms with Gasteiger partial charge in [-0.3, -0.25) is 14.4 Å². The van der Waals surface area contributed by atoms with Gasteiger partial charge in [0.1, 0.15) is 22.4 Å². The highest BCUT2D eigenvalue weighted by Crippen LogP contribution is 2.40. The molecule has 3 N–H and O–H groups in total. The summed E-state index contributed by atoms with van der Waals surface area (Å²) in [7, 11) is 2.99. The predicted octanol–water partition coefficient (Wildman–Crippen LogP) is 8.89. The molecule has 8 nitrogen and oxygen atoms in total. The first-order valence-corrected chi connectivity index (χ1v) is 16.6. The Labute approximate surface area is 298 Å². The summed E-state index contributed by atoms with van der Waals surface area (Å²) in [5.74, 6) is -0.515. The van der Waals surface area contributed by atoms with Crippen LogP contribution in [0.3, 0.4) is 0 Å². The van der Waals surface area contributed by atoms with Gasteiger partial charge in [-0.1, -0.05) is 89.9 Å². The number of halogens is 2. The lowest BCUT2D eigenvalue weighted by molar-refractivity contribution is -0.116. The molecule has 0 spiro atoms. The van der Waals surface area contributed by atoms with Crippen LogP contribution in [-0.4, -0.2) is 31.9 Å². The van der Waals surface area contributed by atoms with Gasteiger partial charge in [0.15, 0.2) is 0 Å². The van der Waals surface area contributed by atoms with Gasteiger partial charge in [0.05, 0.1) is 24.9 Å². The van der Waals surface area contributed by atoms with E-state index in [-0.39, 0.29) is 11.6 Å². The Bertz CT molecular complexity index is 1990. The van der Waals surface area contributed by atoms with Gasteiger partial charge in [-0.2, -0.15) is 0 Å². The van der Waals surface area contributed by atoms with Gasteiger partial charge in [0, 0.05) is 27.2 Å². The van der Waals surface area contributed by atoms with Crippen LogP contribution in [0, 0.1) is 0 Å². The predicted molar refractivity (Wildman–Crippen MR) is 197 cm³/mol. The van der Waals surface area contributed by atoms with Crippen molar-refractivity contribution >= 4 is 70.1 Å². The van der Waals surface area contributed by atoms with Crippen LogP contribution in [0.1, 0.15) is 26.7 Å². The van der Waals surface area contributed by atoms with Crippen molar-refractivity contribution in [1.82, 2.24) is 5.32 Å². The van der Waals surface area contributed by atoms with Crippen LogP contribution in [0.4, 0.5) is 11.4 Å². The van der Waals surface area contributed by atoms with E-state index in [0.717, 1.165) is 5.56 Å². The minimum atomic E-state index is -0.693. The Morgan fingerprint density at radius 2 is 1.43 bits per heavy atom. The van der Waals surface area contributed by atoms with E-state index in [9.17, 15) is 14.4 Å². The molecule has 0 aliphatic carbocycles. The van der Waals surface area contributed by atoms with E-state index in [1.165, 1.54) is 26.0 Å². The molecule has 1 atom stereocenters. The zero-order valence-corrected chi connectivity index (χ0v) is 28.7. The third-order valence-electron chi connectivity index (χ3n) is 7.11. The molecule has 5 rings (SSSR count). The van der Waals surface area contributed by atoms with Gasteiger partial charge >= 0.3 is 0 Å². The van der Waals surface area contributed by atoms with E-state index in [2.05, 4.69) is 16.0 Å². The molecule has 5 aromatic rings. The summed E-state index contributed by atoms with van der Waals surface area (Å²) in [5, 5.41) is 8.65. The van der Waals surface area contributed by atoms with Gasteiger partial charge in [0.25, 0.3) is 11.8 Å². The normalized spacial score (nSPS) is 11.6. The number of benzene rings is 5. The fourth-order valence-electron chi connectivity index (χ4n) is 4.74. The molecule has 0 saturated heterocycles. The molecule has 0 saturated carbocycles. The monoisotopic (exact) mass is 711 g/mol. The number of amides is 3. The van der Waals surface area contributed by atoms with Gasteiger partial charge < -0.3 is 25.4 Å². The molecular weight excluding hydrogens is 681 g/mol. The lowest BCUT2D eigenvalue weighted by Gasteiger charge is -2.19. The van der Waals surface area contributed by atoms with Crippen molar-refractivity contribution in [1.29, 1.82) is 0 Å². The standard InChI is InChI=1S/C38H31Cl2N3O5S/c1-47-33-23-34(48-2)31(22-30(33)40)42-38(46)35(25-12-5-3-6-13-25)49-29-18-10-17-28(21-29)41-37(45)32(20-24-11-9-16-27(39)19-24)43-36(44)26-14-7-4-8-15-26/h3-23,35H,1-2H3,(H,41,45)(H,42,46)(H,43,44)/b32-20-. The fraction of sp³-hybridized carbons (Fsp3) is 0.0789. The highest BCUT2D eigenvalue weighted by molar-refractivity contribution is 8.00. The van der Waals surface area contributed by atoms with E-state index >= 15 is 0 Å². The van der Waals surface area contributed by atoms with Crippen molar-refractivity contribution in [3.8, 4) is 11.5 Å². The summed E-state index contributed by atoms with van der Waals surface area (Å²) in [5.41, 5.74) is 2.64. The van der Waals surface area contributed by atoms with Crippen LogP contribution >= 0.6 is 35.0 Å². The first-order chi connectivity index (χ1) is 23.7. The largest absolute Gasteiger partial charge is 0.495 e. The number of hydrogen-bond donors (Lipinski definition) is 3. The van der Waals surface area contributed by atoms with Crippen LogP contribution in [0.25, 0.3) is 6.08 Å². The summed E-state index contributed by atoms with van der Waals surface area (Å²) < 4.78 is 10.8. The van der Waals surface area contributed by atoms with Crippen LogP contribution in [0.5, 0.6) is 11.5 Å². The smallest absolute Gasteiger partial charge is 0.272 e. The van der Waals surface area contributed by atoms with Crippen molar-refractivity contribution in [2.24, 2.45) is 0 Å². The molecule has 0 aliphatic rings. The van der Waals surface area contributed by atoms with Crippen LogP contribution in [0.2, 0.25) is 10.0 Å². The van der Waals surface area contributed by atoms with Gasteiger partial charge in [-0.15, -0.1) is 11.8 Å². The fourth-order valence-corrected chi connectivity index (χ4v) is 6.27. The van der Waals surface area contributed by atoms with E-state index in [1.807, 2.05) is 36.4 Å². The maximum Gasteiger partial charge on any atom is 0.272 e. The number of rotatable bonds is 12. The molecule has 248 valence electrons. The van der Waals surface area contributed by atoms with Gasteiger partial charge in [0.2, 0.25) is 5.91 Å². The molecular formula is C38H31Cl2N3O5S. The highest BCUT2D eigenvalue weighted by atomic mass is 35.5. The number of hydrogen-bond acceptors (Lipinski definition) is 6. The first kappa shape index (κ1) is 35.1. The minimum absolute atomic E-state index is 0.0165. The topological polar surface area (TPSA) is 106 Å². The number of nitrogens with one attached hydrogen (secondary N) is 3. The van der Waals surface area contributed by atoms with Crippen molar-refractivity contribution in [2.75, 3.05) is 24.9 Å². The number of thioether (sulfide) groups is 1. The maximum atomic E-state index is 13.8. The second-order valence-electron chi connectivity index (χ2n) is 10.5. The summed E-state index contributed by atoms with van der Waals surface area (Å²) in [6.45, 7) is 0. The van der Waals surface area contributed by atoms with E-state index in [4.69, 9.17) is 32.7 Å². The molecule has 0 radical (unpaired) electrons. The van der Waals surface area contributed by atoms with Crippen molar-refractivity contribution in [2.45, 2.75) is 10.1 Å². The van der Waals surface area contributed by atoms with E-state index in [0.29, 0.717) is 48.9 Å². The highest BCUT2D eigenvalue weighted by Gasteiger charge is 2.24. The van der Waals surface area contributed by atoms with Gasteiger partial charge in [-0.25, -0.2) is 0 Å². The Morgan fingerprint density at radius 1 is 0.735 bits per heavy atom. The second kappa shape index (κ2) is 16.7. The molecule has 49 heavy (non-hydrogen) atoms. The average molecular weight is 713 g/mol. The summed E-state index contributed by atoms with van der Waals surface area (Å²) in [6.07, 6.45) is 1.55. The summed E-state index contributed by atoms with van der Waals surface area (Å²) in [4.78, 5) is 41.2. The Kier molecular flexibility index (Phi) is 12.0. The van der Waals surface area contributed by atoms with Crippen molar-refractivity contribution < 1.29 is 23.9 Å². The molecule has 0 fully saturated rings. The third kappa shape index (κ3) is 9.45. The number of methoxy groups -OCH3 is 2. The lowest BCUT2D eigenvalue weighted by Crippen LogP contribution is -2.30. The zero-order chi connectivity index (χ0) is 34.8. The van der Waals surface area contributed by atoms with E-state index in [1.54, 1.807) is 91.0 Å². The Hall–Kier alpha value is -5.22. The first-order valence-electron chi connectivity index (χ1n) is 14.9. The summed E-state index contributed by atoms with van der Waals surface area (Å²) >= 11 is 13.8. The SMILES string of the molecule is COc1cc(OC)c(NC(=O)C(Sc2cccc(NC(=O)/C(=C/c3cccc(Cl)c3)NC(=O)c3ccccc3)c2)c2ccccc2)cc1Cl.